The van der Waals surface area contributed by atoms with Crippen LogP contribution in [-0.2, 0) is 0 Å². The van der Waals surface area contributed by atoms with Gasteiger partial charge < -0.3 is 5.32 Å². The van der Waals surface area contributed by atoms with E-state index < -0.39 is 0 Å². The normalized spacial score (nSPS) is 12.2. The summed E-state index contributed by atoms with van der Waals surface area (Å²) in [5, 5.41) is 3.51. The van der Waals surface area contributed by atoms with E-state index in [0.29, 0.717) is 5.25 Å². The highest BCUT2D eigenvalue weighted by Crippen LogP contribution is 2.14. The van der Waals surface area contributed by atoms with Gasteiger partial charge in [-0.2, -0.15) is 11.8 Å². The topological polar surface area (TPSA) is 12.0 Å². The second kappa shape index (κ2) is 5.42. The Labute approximate surface area is 67.6 Å². The molecule has 0 spiro atoms. The predicted molar refractivity (Wildman–Crippen MR) is 50.3 cm³/mol. The average molecular weight is 157 g/mol. The molecule has 0 bridgehead atoms. The van der Waals surface area contributed by atoms with Crippen molar-refractivity contribution in [3.05, 3.63) is 24.9 Å². The van der Waals surface area contributed by atoms with Gasteiger partial charge in [-0.3, -0.25) is 0 Å². The van der Waals surface area contributed by atoms with Crippen LogP contribution in [0.4, 0.5) is 0 Å². The van der Waals surface area contributed by atoms with Gasteiger partial charge in [-0.1, -0.05) is 12.7 Å². The van der Waals surface area contributed by atoms with Crippen LogP contribution < -0.4 is 5.32 Å². The molecule has 2 heteroatoms. The van der Waals surface area contributed by atoms with Crippen LogP contribution in [0.1, 0.15) is 6.42 Å². The maximum atomic E-state index is 3.84. The monoisotopic (exact) mass is 157 g/mol. The van der Waals surface area contributed by atoms with E-state index in [9.17, 15) is 0 Å². The maximum absolute atomic E-state index is 3.84. The van der Waals surface area contributed by atoms with Crippen molar-refractivity contribution in [2.45, 2.75) is 11.7 Å². The van der Waals surface area contributed by atoms with Crippen molar-refractivity contribution < 1.29 is 0 Å². The van der Waals surface area contributed by atoms with Crippen molar-refractivity contribution in [3.63, 3.8) is 0 Å². The fourth-order valence-corrected chi connectivity index (χ4v) is 1.17. The Hall–Kier alpha value is -0.370. The van der Waals surface area contributed by atoms with Gasteiger partial charge in [0.2, 0.25) is 0 Å². The molecular formula is C8H15NS. The molecule has 0 heterocycles. The van der Waals surface area contributed by atoms with Crippen LogP contribution in [0.15, 0.2) is 24.9 Å². The Kier molecular flexibility index (Phi) is 5.22. The van der Waals surface area contributed by atoms with E-state index in [2.05, 4.69) is 24.7 Å². The predicted octanol–water partition coefficient (Wildman–Crippen LogP) is 2.03. The molecule has 1 atom stereocenters. The van der Waals surface area contributed by atoms with E-state index in [0.717, 1.165) is 12.1 Å². The smallest absolute Gasteiger partial charge is 0.0275 e. The van der Waals surface area contributed by atoms with Crippen LogP contribution in [0.3, 0.4) is 0 Å². The molecular weight excluding hydrogens is 142 g/mol. The van der Waals surface area contributed by atoms with Gasteiger partial charge >= 0.3 is 0 Å². The molecule has 1 nitrogen and oxygen atoms in total. The summed E-state index contributed by atoms with van der Waals surface area (Å²) in [4.78, 5) is 0. The van der Waals surface area contributed by atoms with Crippen molar-refractivity contribution in [1.29, 1.82) is 0 Å². The Bertz CT molecular complexity index is 120. The van der Waals surface area contributed by atoms with Crippen LogP contribution in [-0.4, -0.2) is 18.6 Å². The van der Waals surface area contributed by atoms with Crippen molar-refractivity contribution >= 4 is 11.8 Å². The molecule has 0 aliphatic heterocycles. The van der Waals surface area contributed by atoms with E-state index in [1.54, 1.807) is 11.8 Å². The molecule has 0 amide bonds. The molecule has 58 valence electrons. The van der Waals surface area contributed by atoms with Crippen LogP contribution in [0.25, 0.3) is 0 Å². The molecule has 1 unspecified atom stereocenters. The first kappa shape index (κ1) is 9.63. The molecule has 0 saturated carbocycles. The summed E-state index contributed by atoms with van der Waals surface area (Å²) in [6.07, 6.45) is 5.00. The minimum absolute atomic E-state index is 0.500. The van der Waals surface area contributed by atoms with Crippen LogP contribution >= 0.6 is 11.8 Å². The zero-order valence-corrected chi connectivity index (χ0v) is 7.50. The summed E-state index contributed by atoms with van der Waals surface area (Å²) in [5.74, 6) is 0. The van der Waals surface area contributed by atoms with Gasteiger partial charge in [-0.05, 0) is 6.26 Å². The van der Waals surface area contributed by atoms with Crippen molar-refractivity contribution in [3.8, 4) is 0 Å². The second-order valence-corrected chi connectivity index (χ2v) is 3.14. The Balaban J connectivity index is 3.62. The summed E-state index contributed by atoms with van der Waals surface area (Å²) in [6, 6.07) is 0. The first-order valence-corrected chi connectivity index (χ1v) is 4.54. The lowest BCUT2D eigenvalue weighted by Crippen LogP contribution is -2.09. The number of thioether (sulfide) groups is 1. The summed E-state index contributed by atoms with van der Waals surface area (Å²) < 4.78 is 0. The molecule has 0 aromatic rings. The quantitative estimate of drug-likeness (QED) is 0.613. The first-order valence-electron chi connectivity index (χ1n) is 3.25. The molecule has 0 aliphatic carbocycles. The van der Waals surface area contributed by atoms with Crippen LogP contribution in [0.5, 0.6) is 0 Å². The highest BCUT2D eigenvalue weighted by molar-refractivity contribution is 7.99. The van der Waals surface area contributed by atoms with E-state index in [1.807, 2.05) is 13.1 Å². The lowest BCUT2D eigenvalue weighted by Gasteiger charge is -2.10. The molecule has 10 heavy (non-hydrogen) atoms. The van der Waals surface area contributed by atoms with E-state index in [1.165, 1.54) is 0 Å². The summed E-state index contributed by atoms with van der Waals surface area (Å²) >= 11 is 1.79. The minimum Gasteiger partial charge on any atom is -0.392 e. The first-order chi connectivity index (χ1) is 4.74. The molecule has 0 aromatic carbocycles. The fourth-order valence-electron chi connectivity index (χ4n) is 0.608. The van der Waals surface area contributed by atoms with Gasteiger partial charge in [-0.25, -0.2) is 0 Å². The summed E-state index contributed by atoms with van der Waals surface area (Å²) in [7, 11) is 1.89. The van der Waals surface area contributed by atoms with Gasteiger partial charge in [-0.15, -0.1) is 6.58 Å². The van der Waals surface area contributed by atoms with Crippen LogP contribution in [0.2, 0.25) is 0 Å². The Morgan fingerprint density at radius 2 is 2.40 bits per heavy atom. The molecule has 0 rings (SSSR count). The average Bonchev–Trinajstić information content (AvgIpc) is 1.99. The zero-order valence-electron chi connectivity index (χ0n) is 6.68. The summed E-state index contributed by atoms with van der Waals surface area (Å²) in [5.41, 5.74) is 1.07. The number of hydrogen-bond donors (Lipinski definition) is 1. The van der Waals surface area contributed by atoms with Gasteiger partial charge in [0.15, 0.2) is 0 Å². The molecule has 0 fully saturated rings. The largest absolute Gasteiger partial charge is 0.392 e. The molecule has 0 aromatic heterocycles. The van der Waals surface area contributed by atoms with Crippen LogP contribution in [0, 0.1) is 0 Å². The number of allylic oxidation sites excluding steroid dienone is 1. The third-order valence-corrected chi connectivity index (χ3v) is 2.33. The third-order valence-electron chi connectivity index (χ3n) is 1.37. The van der Waals surface area contributed by atoms with Crippen molar-refractivity contribution in [2.24, 2.45) is 0 Å². The molecule has 0 radical (unpaired) electrons. The number of rotatable bonds is 5. The highest BCUT2D eigenvalue weighted by Gasteiger charge is 2.01. The van der Waals surface area contributed by atoms with E-state index in [-0.39, 0.29) is 0 Å². The van der Waals surface area contributed by atoms with Crippen molar-refractivity contribution in [2.75, 3.05) is 13.3 Å². The standard InChI is InChI=1S/C8H15NS/c1-5-8(10-4)6-7(2)9-3/h5,8-9H,1-2,6H2,3-4H3. The minimum atomic E-state index is 0.500. The van der Waals surface area contributed by atoms with Crippen molar-refractivity contribution in [1.82, 2.24) is 5.32 Å². The Morgan fingerprint density at radius 1 is 1.80 bits per heavy atom. The number of nitrogens with one attached hydrogen (secondary N) is 1. The third kappa shape index (κ3) is 3.62. The lowest BCUT2D eigenvalue weighted by molar-refractivity contribution is 0.870. The van der Waals surface area contributed by atoms with E-state index >= 15 is 0 Å². The Morgan fingerprint density at radius 3 is 2.70 bits per heavy atom. The highest BCUT2D eigenvalue weighted by atomic mass is 32.2. The van der Waals surface area contributed by atoms with E-state index in [4.69, 9.17) is 0 Å². The zero-order chi connectivity index (χ0) is 7.98. The lowest BCUT2D eigenvalue weighted by atomic mass is 10.2. The maximum Gasteiger partial charge on any atom is 0.0275 e. The SMILES string of the molecule is C=CC(CC(=C)NC)SC. The molecule has 0 aliphatic rings. The van der Waals surface area contributed by atoms with Gasteiger partial charge in [0.1, 0.15) is 0 Å². The van der Waals surface area contributed by atoms with Gasteiger partial charge in [0, 0.05) is 24.4 Å². The summed E-state index contributed by atoms with van der Waals surface area (Å²) in [6.45, 7) is 7.57. The second-order valence-electron chi connectivity index (χ2n) is 2.07. The molecule has 0 saturated heterocycles. The van der Waals surface area contributed by atoms with Gasteiger partial charge in [0.05, 0.1) is 0 Å². The molecule has 1 N–H and O–H groups in total. The van der Waals surface area contributed by atoms with Gasteiger partial charge in [0.25, 0.3) is 0 Å². The fraction of sp³-hybridized carbons (Fsp3) is 0.500. The number of hydrogen-bond acceptors (Lipinski definition) is 2.